The van der Waals surface area contributed by atoms with E-state index in [1.165, 1.54) is 6.92 Å². The van der Waals surface area contributed by atoms with Crippen LogP contribution >= 0.6 is 0 Å². The lowest BCUT2D eigenvalue weighted by Crippen LogP contribution is -2.51. The van der Waals surface area contributed by atoms with Crippen molar-refractivity contribution in [3.63, 3.8) is 0 Å². The normalized spacial score (nSPS) is 15.9. The molecule has 10 nitrogen and oxygen atoms in total. The van der Waals surface area contributed by atoms with E-state index in [2.05, 4.69) is 33.2 Å². The molecule has 10 heteroatoms. The minimum absolute atomic E-state index is 0.0121. The first-order chi connectivity index (χ1) is 16.7. The largest absolute Gasteiger partial charge is 0.378 e. The van der Waals surface area contributed by atoms with Crippen molar-refractivity contribution in [2.24, 2.45) is 11.3 Å². The van der Waals surface area contributed by atoms with Gasteiger partial charge < -0.3 is 26.6 Å². The number of carbonyl (C=O) groups excluding carboxylic acids is 5. The SMILES string of the molecule is C=C(NCC(=O)NC(C)C(=O)C(=O)NC1CCCCC1)C(NC(=O)CNC(=O)CC(C)(C)C)C(C)C. The maximum Gasteiger partial charge on any atom is 0.289 e. The zero-order chi connectivity index (χ0) is 27.5. The van der Waals surface area contributed by atoms with E-state index in [4.69, 9.17) is 0 Å². The van der Waals surface area contributed by atoms with E-state index in [1.807, 2.05) is 34.6 Å². The first kappa shape index (κ1) is 31.1. The van der Waals surface area contributed by atoms with E-state index in [-0.39, 0.29) is 42.3 Å². The highest BCUT2D eigenvalue weighted by atomic mass is 16.2. The molecule has 1 aliphatic carbocycles. The molecular formula is C26H45N5O5. The monoisotopic (exact) mass is 507 g/mol. The van der Waals surface area contributed by atoms with Crippen LogP contribution in [0.5, 0.6) is 0 Å². The summed E-state index contributed by atoms with van der Waals surface area (Å²) in [4.78, 5) is 61.2. The second-order valence-corrected chi connectivity index (χ2v) is 11.1. The van der Waals surface area contributed by atoms with Crippen molar-refractivity contribution in [3.8, 4) is 0 Å². The Morgan fingerprint density at radius 3 is 1.94 bits per heavy atom. The summed E-state index contributed by atoms with van der Waals surface area (Å²) in [7, 11) is 0. The molecule has 36 heavy (non-hydrogen) atoms. The number of ketones is 1. The first-order valence-corrected chi connectivity index (χ1v) is 12.8. The molecule has 0 radical (unpaired) electrons. The van der Waals surface area contributed by atoms with Gasteiger partial charge in [-0.15, -0.1) is 0 Å². The lowest BCUT2D eigenvalue weighted by Gasteiger charge is -2.26. The van der Waals surface area contributed by atoms with Gasteiger partial charge in [0.2, 0.25) is 23.5 Å². The molecule has 0 saturated heterocycles. The number of hydrogen-bond donors (Lipinski definition) is 5. The molecule has 0 aromatic rings. The van der Waals surface area contributed by atoms with Gasteiger partial charge >= 0.3 is 0 Å². The molecule has 0 aliphatic heterocycles. The smallest absolute Gasteiger partial charge is 0.289 e. The van der Waals surface area contributed by atoms with Crippen LogP contribution in [0.3, 0.4) is 0 Å². The van der Waals surface area contributed by atoms with Gasteiger partial charge in [0.15, 0.2) is 0 Å². The summed E-state index contributed by atoms with van der Waals surface area (Å²) in [5.74, 6) is -2.45. The zero-order valence-corrected chi connectivity index (χ0v) is 22.7. The van der Waals surface area contributed by atoms with Crippen LogP contribution in [0.25, 0.3) is 0 Å². The molecule has 204 valence electrons. The van der Waals surface area contributed by atoms with Crippen molar-refractivity contribution in [2.45, 2.75) is 98.2 Å². The predicted octanol–water partition coefficient (Wildman–Crippen LogP) is 1.31. The topological polar surface area (TPSA) is 146 Å². The summed E-state index contributed by atoms with van der Waals surface area (Å²) in [5, 5.41) is 13.6. The predicted molar refractivity (Wildman–Crippen MR) is 139 cm³/mol. The van der Waals surface area contributed by atoms with E-state index in [0.29, 0.717) is 12.1 Å². The van der Waals surface area contributed by atoms with Gasteiger partial charge in [-0.25, -0.2) is 0 Å². The highest BCUT2D eigenvalue weighted by Crippen LogP contribution is 2.18. The second-order valence-electron chi connectivity index (χ2n) is 11.1. The molecule has 1 saturated carbocycles. The summed E-state index contributed by atoms with van der Waals surface area (Å²) in [6.45, 7) is 14.7. The lowest BCUT2D eigenvalue weighted by molar-refractivity contribution is -0.140. The Labute approximate surface area is 215 Å². The van der Waals surface area contributed by atoms with Crippen molar-refractivity contribution in [1.82, 2.24) is 26.6 Å². The molecule has 0 heterocycles. The number of amides is 4. The third-order valence-electron chi connectivity index (χ3n) is 5.91. The maximum atomic E-state index is 12.4. The molecule has 4 amide bonds. The summed E-state index contributed by atoms with van der Waals surface area (Å²) < 4.78 is 0. The number of carbonyl (C=O) groups is 5. The van der Waals surface area contributed by atoms with E-state index in [1.54, 1.807) is 0 Å². The highest BCUT2D eigenvalue weighted by molar-refractivity contribution is 6.38. The number of rotatable bonds is 13. The fourth-order valence-corrected chi connectivity index (χ4v) is 3.97. The molecule has 0 aromatic heterocycles. The average Bonchev–Trinajstić information content (AvgIpc) is 2.78. The van der Waals surface area contributed by atoms with Crippen LogP contribution in [-0.2, 0) is 24.0 Å². The molecule has 0 aromatic carbocycles. The highest BCUT2D eigenvalue weighted by Gasteiger charge is 2.26. The number of nitrogens with one attached hydrogen (secondary N) is 5. The molecule has 2 unspecified atom stereocenters. The zero-order valence-electron chi connectivity index (χ0n) is 22.7. The van der Waals surface area contributed by atoms with Crippen molar-refractivity contribution in [1.29, 1.82) is 0 Å². The van der Waals surface area contributed by atoms with E-state index in [0.717, 1.165) is 32.1 Å². The second kappa shape index (κ2) is 14.6. The molecule has 1 aliphatic rings. The fraction of sp³-hybridized carbons (Fsp3) is 0.731. The van der Waals surface area contributed by atoms with Gasteiger partial charge in [-0.1, -0.05) is 60.5 Å². The Hall–Kier alpha value is -2.91. The summed E-state index contributed by atoms with van der Waals surface area (Å²) in [6, 6.07) is -1.43. The first-order valence-electron chi connectivity index (χ1n) is 12.8. The Bertz CT molecular complexity index is 812. The van der Waals surface area contributed by atoms with Crippen molar-refractivity contribution in [3.05, 3.63) is 12.3 Å². The van der Waals surface area contributed by atoms with Crippen molar-refractivity contribution in [2.75, 3.05) is 13.1 Å². The Morgan fingerprint density at radius 1 is 0.833 bits per heavy atom. The van der Waals surface area contributed by atoms with Crippen molar-refractivity contribution >= 4 is 29.4 Å². The van der Waals surface area contributed by atoms with Crippen LogP contribution in [0.15, 0.2) is 12.3 Å². The van der Waals surface area contributed by atoms with Gasteiger partial charge in [0.05, 0.1) is 25.2 Å². The van der Waals surface area contributed by atoms with Crippen LogP contribution in [-0.4, -0.2) is 60.6 Å². The average molecular weight is 508 g/mol. The van der Waals surface area contributed by atoms with Crippen LogP contribution in [0, 0.1) is 11.3 Å². The molecular weight excluding hydrogens is 462 g/mol. The van der Waals surface area contributed by atoms with E-state index in [9.17, 15) is 24.0 Å². The van der Waals surface area contributed by atoms with E-state index >= 15 is 0 Å². The minimum atomic E-state index is -0.964. The minimum Gasteiger partial charge on any atom is -0.378 e. The quantitative estimate of drug-likeness (QED) is 0.238. The third-order valence-corrected chi connectivity index (χ3v) is 5.91. The van der Waals surface area contributed by atoms with Crippen LogP contribution in [0.1, 0.15) is 80.1 Å². The molecule has 0 spiro atoms. The fourth-order valence-electron chi connectivity index (χ4n) is 3.97. The van der Waals surface area contributed by atoms with Crippen LogP contribution in [0.4, 0.5) is 0 Å². The molecule has 1 rings (SSSR count). The van der Waals surface area contributed by atoms with Crippen LogP contribution in [0.2, 0.25) is 0 Å². The Kier molecular flexibility index (Phi) is 12.6. The molecule has 5 N–H and O–H groups in total. The summed E-state index contributed by atoms with van der Waals surface area (Å²) in [5.41, 5.74) is 0.240. The molecule has 1 fully saturated rings. The Morgan fingerprint density at radius 2 is 1.39 bits per heavy atom. The van der Waals surface area contributed by atoms with Gasteiger partial charge in [0, 0.05) is 18.2 Å². The number of hydrogen-bond acceptors (Lipinski definition) is 6. The maximum absolute atomic E-state index is 12.4. The summed E-state index contributed by atoms with van der Waals surface area (Å²) >= 11 is 0. The van der Waals surface area contributed by atoms with Crippen LogP contribution < -0.4 is 26.6 Å². The third kappa shape index (κ3) is 12.2. The molecule has 2 atom stereocenters. The Balaban J connectivity index is 2.47. The van der Waals surface area contributed by atoms with Gasteiger partial charge in [0.1, 0.15) is 0 Å². The summed E-state index contributed by atoms with van der Waals surface area (Å²) in [6.07, 6.45) is 5.24. The lowest BCUT2D eigenvalue weighted by atomic mass is 9.92. The van der Waals surface area contributed by atoms with Gasteiger partial charge in [-0.2, -0.15) is 0 Å². The van der Waals surface area contributed by atoms with Gasteiger partial charge in [-0.05, 0) is 31.1 Å². The van der Waals surface area contributed by atoms with Crippen molar-refractivity contribution < 1.29 is 24.0 Å². The standard InChI is InChI=1S/C26H45N5O5/c1-16(2)23(31-22(34)15-28-20(32)13-26(5,6)7)17(3)27-14-21(33)29-18(4)24(35)25(36)30-19-11-9-8-10-12-19/h16,18-19,23,27H,3,8-15H2,1-2,4-7H3,(H,28,32)(H,29,33)(H,30,36)(H,31,34). The number of Topliss-reactive ketones (excluding diaryl/α,β-unsaturated/α-hetero) is 1. The molecule has 0 bridgehead atoms. The van der Waals surface area contributed by atoms with E-state index < -0.39 is 29.7 Å². The van der Waals surface area contributed by atoms with Gasteiger partial charge in [-0.3, -0.25) is 24.0 Å². The van der Waals surface area contributed by atoms with Gasteiger partial charge in [0.25, 0.3) is 5.91 Å².